The molecule has 3 aromatic heterocycles. The largest absolute Gasteiger partial charge is 0.331 e. The monoisotopic (exact) mass is 806 g/mol. The first-order valence-electron chi connectivity index (χ1n) is 21.5. The van der Waals surface area contributed by atoms with E-state index in [0.717, 1.165) is 55.8 Å². The summed E-state index contributed by atoms with van der Waals surface area (Å²) in [7, 11) is 0. The molecule has 6 heteroatoms. The Bertz CT molecular complexity index is 3490. The van der Waals surface area contributed by atoms with Gasteiger partial charge >= 0.3 is 0 Å². The van der Waals surface area contributed by atoms with Gasteiger partial charge in [0.05, 0.1) is 45.2 Å². The van der Waals surface area contributed by atoms with Crippen LogP contribution in [0, 0.1) is 0 Å². The minimum Gasteiger partial charge on any atom is -0.331 e. The first kappa shape index (κ1) is 35.4. The smallest absolute Gasteiger partial charge is 0.164 e. The zero-order valence-electron chi connectivity index (χ0n) is 34.1. The highest BCUT2D eigenvalue weighted by molar-refractivity contribution is 6.12. The maximum atomic E-state index is 5.35. The number of hydrogen-bond acceptors (Lipinski definition) is 4. The Kier molecular flexibility index (Phi) is 7.93. The highest BCUT2D eigenvalue weighted by atomic mass is 15.2. The maximum Gasteiger partial charge on any atom is 0.164 e. The van der Waals surface area contributed by atoms with Crippen molar-refractivity contribution in [3.8, 4) is 45.5 Å². The first-order chi connectivity index (χ1) is 31.3. The average Bonchev–Trinajstić information content (AvgIpc) is 4.00. The lowest BCUT2D eigenvalue weighted by atomic mass is 9.91. The van der Waals surface area contributed by atoms with Gasteiger partial charge in [0.1, 0.15) is 0 Å². The van der Waals surface area contributed by atoms with E-state index in [1.165, 1.54) is 32.8 Å². The zero-order chi connectivity index (χ0) is 41.4. The summed E-state index contributed by atoms with van der Waals surface area (Å²) in [5.41, 5.74) is 12.9. The molecule has 0 saturated heterocycles. The summed E-state index contributed by atoms with van der Waals surface area (Å²) in [6, 6.07) is 69.2. The van der Waals surface area contributed by atoms with Crippen LogP contribution in [-0.2, 0) is 0 Å². The van der Waals surface area contributed by atoms with E-state index in [4.69, 9.17) is 15.0 Å². The van der Waals surface area contributed by atoms with Crippen molar-refractivity contribution in [2.75, 3.05) is 4.90 Å². The van der Waals surface area contributed by atoms with E-state index >= 15 is 0 Å². The Labute approximate surface area is 364 Å². The Balaban J connectivity index is 1.22. The van der Waals surface area contributed by atoms with Gasteiger partial charge in [-0.3, -0.25) is 0 Å². The minimum absolute atomic E-state index is 0.0265. The topological polar surface area (TPSA) is 51.8 Å². The number of benzene rings is 8. The molecule has 0 N–H and O–H groups in total. The second-order valence-corrected chi connectivity index (χ2v) is 16.4. The molecule has 11 aromatic rings. The zero-order valence-corrected chi connectivity index (χ0v) is 34.1. The van der Waals surface area contributed by atoms with Gasteiger partial charge in [0.2, 0.25) is 0 Å². The van der Waals surface area contributed by atoms with Crippen LogP contribution in [0.2, 0.25) is 0 Å². The fraction of sp³-hybridized carbons (Fsp3) is 0.0351. The molecule has 4 heterocycles. The van der Waals surface area contributed by atoms with Crippen LogP contribution in [0.3, 0.4) is 0 Å². The van der Waals surface area contributed by atoms with Crippen molar-refractivity contribution in [3.05, 3.63) is 224 Å². The van der Waals surface area contributed by atoms with Crippen molar-refractivity contribution < 1.29 is 0 Å². The molecule has 1 aliphatic heterocycles. The molecule has 2 unspecified atom stereocenters. The van der Waals surface area contributed by atoms with Crippen molar-refractivity contribution >= 4 is 55.0 Å². The summed E-state index contributed by atoms with van der Waals surface area (Å²) in [6.45, 7) is 0. The van der Waals surface area contributed by atoms with Crippen molar-refractivity contribution in [2.45, 2.75) is 12.0 Å². The van der Waals surface area contributed by atoms with Gasteiger partial charge in [-0.1, -0.05) is 176 Å². The summed E-state index contributed by atoms with van der Waals surface area (Å²) < 4.78 is 4.96. The van der Waals surface area contributed by atoms with Crippen molar-refractivity contribution in [1.82, 2.24) is 24.1 Å². The van der Waals surface area contributed by atoms with Crippen LogP contribution in [0.15, 0.2) is 218 Å². The minimum atomic E-state index is 0.0265. The predicted molar refractivity (Wildman–Crippen MR) is 258 cm³/mol. The van der Waals surface area contributed by atoms with Gasteiger partial charge in [-0.2, -0.15) is 0 Å². The molecule has 0 saturated carbocycles. The van der Waals surface area contributed by atoms with Crippen LogP contribution in [0.25, 0.3) is 89.2 Å². The molecule has 0 spiro atoms. The fourth-order valence-electron chi connectivity index (χ4n) is 10.2. The van der Waals surface area contributed by atoms with Gasteiger partial charge < -0.3 is 14.0 Å². The van der Waals surface area contributed by atoms with E-state index < -0.39 is 0 Å². The molecule has 63 heavy (non-hydrogen) atoms. The normalized spacial score (nSPS) is 15.5. The number of para-hydroxylation sites is 5. The Morgan fingerprint density at radius 2 is 0.778 bits per heavy atom. The molecule has 2 aliphatic rings. The molecule has 0 amide bonds. The van der Waals surface area contributed by atoms with E-state index in [0.29, 0.717) is 17.5 Å². The van der Waals surface area contributed by atoms with Crippen molar-refractivity contribution in [1.29, 1.82) is 0 Å². The SMILES string of the molecule is C1=CC2c3ccccc3N(c3cc(-c4nc(-c5ccccc5)nc(-c5ccccc5)n4)cc(-n4c5ccccc5c5ccccc54)c3-n3c4ccccc4c4ccccc43)C2C=C1. The number of rotatable bonds is 6. The lowest BCUT2D eigenvalue weighted by Gasteiger charge is -2.32. The third kappa shape index (κ3) is 5.48. The molecule has 13 rings (SSSR count). The number of anilines is 2. The van der Waals surface area contributed by atoms with E-state index in [1.54, 1.807) is 0 Å². The molecular weight excluding hydrogens is 769 g/mol. The number of fused-ring (bicyclic) bond motifs is 9. The number of hydrogen-bond donors (Lipinski definition) is 0. The summed E-state index contributed by atoms with van der Waals surface area (Å²) in [5.74, 6) is 2.02. The second kappa shape index (κ2) is 14.1. The standard InChI is InChI=1S/C57H38N6/c1-3-19-37(20-4-1)55-58-56(38-21-5-2-6-22-38)60-57(59-55)39-35-52(61-46-29-13-7-23-40(46)41-24-8-14-30-47(41)61)54(63-50-33-17-11-27-44(50)45-28-12-18-34-51(45)63)53(36-39)62-48-31-15-9-25-42(48)43-26-10-16-32-49(43)62/h1-36,40,46H. The Hall–Kier alpha value is -8.35. The number of aromatic nitrogens is 5. The maximum absolute atomic E-state index is 5.35. The summed E-state index contributed by atoms with van der Waals surface area (Å²) >= 11 is 0. The molecule has 296 valence electrons. The van der Waals surface area contributed by atoms with Gasteiger partial charge in [-0.15, -0.1) is 0 Å². The molecule has 2 atom stereocenters. The average molecular weight is 807 g/mol. The highest BCUT2D eigenvalue weighted by Crippen LogP contribution is 2.52. The molecular formula is C57H38N6. The quantitative estimate of drug-likeness (QED) is 0.168. The van der Waals surface area contributed by atoms with Crippen molar-refractivity contribution in [3.63, 3.8) is 0 Å². The lowest BCUT2D eigenvalue weighted by molar-refractivity contribution is 0.743. The molecule has 0 radical (unpaired) electrons. The van der Waals surface area contributed by atoms with E-state index in [9.17, 15) is 0 Å². The van der Waals surface area contributed by atoms with Gasteiger partial charge in [0.25, 0.3) is 0 Å². The highest BCUT2D eigenvalue weighted by Gasteiger charge is 2.39. The second-order valence-electron chi connectivity index (χ2n) is 16.4. The molecule has 6 nitrogen and oxygen atoms in total. The van der Waals surface area contributed by atoms with Crippen LogP contribution in [0.5, 0.6) is 0 Å². The first-order valence-corrected chi connectivity index (χ1v) is 21.5. The van der Waals surface area contributed by atoms with Gasteiger partial charge in [0.15, 0.2) is 17.5 Å². The third-order valence-corrected chi connectivity index (χ3v) is 12.9. The van der Waals surface area contributed by atoms with Gasteiger partial charge in [0, 0.05) is 49.8 Å². The van der Waals surface area contributed by atoms with Crippen LogP contribution in [0.4, 0.5) is 11.4 Å². The molecule has 0 bridgehead atoms. The summed E-state index contributed by atoms with van der Waals surface area (Å²) in [6.07, 6.45) is 9.10. The van der Waals surface area contributed by atoms with E-state index in [-0.39, 0.29) is 12.0 Å². The van der Waals surface area contributed by atoms with Crippen molar-refractivity contribution in [2.24, 2.45) is 0 Å². The lowest BCUT2D eigenvalue weighted by Crippen LogP contribution is -2.30. The predicted octanol–water partition coefficient (Wildman–Crippen LogP) is 13.8. The van der Waals surface area contributed by atoms with Gasteiger partial charge in [-0.05, 0) is 48.0 Å². The van der Waals surface area contributed by atoms with Crippen LogP contribution >= 0.6 is 0 Å². The van der Waals surface area contributed by atoms with Gasteiger partial charge in [-0.25, -0.2) is 15.0 Å². The number of allylic oxidation sites excluding steroid dienone is 2. The fourth-order valence-corrected chi connectivity index (χ4v) is 10.2. The van der Waals surface area contributed by atoms with Crippen LogP contribution < -0.4 is 4.90 Å². The van der Waals surface area contributed by atoms with E-state index in [1.807, 2.05) is 36.4 Å². The summed E-state index contributed by atoms with van der Waals surface area (Å²) in [4.78, 5) is 18.4. The third-order valence-electron chi connectivity index (χ3n) is 12.9. The number of nitrogens with zero attached hydrogens (tertiary/aromatic N) is 6. The Morgan fingerprint density at radius 3 is 1.33 bits per heavy atom. The molecule has 1 aliphatic carbocycles. The van der Waals surface area contributed by atoms with Crippen LogP contribution in [0.1, 0.15) is 11.5 Å². The molecule has 0 fully saturated rings. The summed E-state index contributed by atoms with van der Waals surface area (Å²) in [5, 5.41) is 4.79. The molecule has 8 aromatic carbocycles. The van der Waals surface area contributed by atoms with E-state index in [2.05, 4.69) is 196 Å². The Morgan fingerprint density at radius 1 is 0.349 bits per heavy atom. The van der Waals surface area contributed by atoms with Crippen LogP contribution in [-0.4, -0.2) is 30.1 Å².